The first-order chi connectivity index (χ1) is 13.4. The summed E-state index contributed by atoms with van der Waals surface area (Å²) in [5, 5.41) is 2.75. The highest BCUT2D eigenvalue weighted by atomic mass is 19.1. The van der Waals surface area contributed by atoms with Crippen molar-refractivity contribution in [3.05, 3.63) is 59.7 Å². The molecule has 0 saturated heterocycles. The van der Waals surface area contributed by atoms with E-state index in [1.54, 1.807) is 31.0 Å². The zero-order valence-corrected chi connectivity index (χ0v) is 16.4. The summed E-state index contributed by atoms with van der Waals surface area (Å²) < 4.78 is 38.2. The number of amides is 1. The summed E-state index contributed by atoms with van der Waals surface area (Å²) in [7, 11) is 1.69. The number of likely N-dealkylation sites (N-methyl/N-ethyl adjacent to an activating group) is 1. The van der Waals surface area contributed by atoms with Crippen LogP contribution in [0.25, 0.3) is 0 Å². The number of ether oxygens (including phenoxy) is 2. The third-order valence-corrected chi connectivity index (χ3v) is 4.29. The van der Waals surface area contributed by atoms with Crippen LogP contribution in [0, 0.1) is 11.6 Å². The fraction of sp³-hybridized carbons (Fsp3) is 0.381. The van der Waals surface area contributed by atoms with E-state index >= 15 is 0 Å². The lowest BCUT2D eigenvalue weighted by Gasteiger charge is -2.24. The van der Waals surface area contributed by atoms with Gasteiger partial charge in [-0.05, 0) is 63.4 Å². The van der Waals surface area contributed by atoms with Crippen LogP contribution in [-0.2, 0) is 4.79 Å². The van der Waals surface area contributed by atoms with Gasteiger partial charge in [-0.1, -0.05) is 0 Å². The quantitative estimate of drug-likeness (QED) is 0.629. The Morgan fingerprint density at radius 2 is 1.75 bits per heavy atom. The molecule has 152 valence electrons. The molecule has 28 heavy (non-hydrogen) atoms. The first-order valence-corrected chi connectivity index (χ1v) is 9.18. The summed E-state index contributed by atoms with van der Waals surface area (Å²) in [5.41, 5.74) is 0.217. The number of carbonyl (C=O) groups is 1. The van der Waals surface area contributed by atoms with Crippen LogP contribution in [0.3, 0.4) is 0 Å². The smallest absolute Gasteiger partial charge is 0.234 e. The highest BCUT2D eigenvalue weighted by molar-refractivity contribution is 5.78. The molecule has 0 spiro atoms. The summed E-state index contributed by atoms with van der Waals surface area (Å²) in [6.45, 7) is 4.95. The number of carbonyl (C=O) groups excluding carboxylic acids is 1. The van der Waals surface area contributed by atoms with Crippen LogP contribution in [0.1, 0.15) is 25.5 Å². The molecule has 0 aromatic heterocycles. The summed E-state index contributed by atoms with van der Waals surface area (Å²) in [6, 6.07) is 10.1. The van der Waals surface area contributed by atoms with Gasteiger partial charge < -0.3 is 14.8 Å². The van der Waals surface area contributed by atoms with Crippen molar-refractivity contribution >= 4 is 5.91 Å². The lowest BCUT2D eigenvalue weighted by atomic mass is 10.1. The minimum Gasteiger partial charge on any atom is -0.494 e. The molecule has 0 fully saturated rings. The topological polar surface area (TPSA) is 50.8 Å². The molecule has 1 unspecified atom stereocenters. The van der Waals surface area contributed by atoms with E-state index < -0.39 is 17.7 Å². The Hall–Kier alpha value is -2.67. The van der Waals surface area contributed by atoms with Gasteiger partial charge in [-0.2, -0.15) is 0 Å². The van der Waals surface area contributed by atoms with E-state index in [2.05, 4.69) is 5.32 Å². The first kappa shape index (κ1) is 21.6. The van der Waals surface area contributed by atoms with E-state index in [9.17, 15) is 13.6 Å². The standard InChI is InChI=1S/C21H26F2N2O3/c1-4-27-17-6-8-18(9-7-17)28-12-11-24-21(26)14-25(3)15(2)19-13-16(22)5-10-20(19)23/h5-10,13,15H,4,11-12,14H2,1-3H3,(H,24,26). The van der Waals surface area contributed by atoms with Crippen LogP contribution < -0.4 is 14.8 Å². The van der Waals surface area contributed by atoms with Crippen molar-refractivity contribution in [2.75, 3.05) is 33.4 Å². The lowest BCUT2D eigenvalue weighted by molar-refractivity contribution is -0.122. The number of hydrogen-bond donors (Lipinski definition) is 1. The van der Waals surface area contributed by atoms with Crippen molar-refractivity contribution in [2.45, 2.75) is 19.9 Å². The number of hydrogen-bond acceptors (Lipinski definition) is 4. The van der Waals surface area contributed by atoms with Crippen LogP contribution in [0.4, 0.5) is 8.78 Å². The lowest BCUT2D eigenvalue weighted by Crippen LogP contribution is -2.38. The van der Waals surface area contributed by atoms with Gasteiger partial charge in [0.1, 0.15) is 29.7 Å². The maximum Gasteiger partial charge on any atom is 0.234 e. The van der Waals surface area contributed by atoms with E-state index in [0.717, 1.165) is 23.9 Å². The van der Waals surface area contributed by atoms with Gasteiger partial charge >= 0.3 is 0 Å². The third kappa shape index (κ3) is 6.49. The zero-order valence-electron chi connectivity index (χ0n) is 16.4. The Labute approximate surface area is 164 Å². The predicted octanol–water partition coefficient (Wildman–Crippen LogP) is 3.55. The molecule has 2 aromatic carbocycles. The average Bonchev–Trinajstić information content (AvgIpc) is 2.68. The number of nitrogens with one attached hydrogen (secondary N) is 1. The zero-order chi connectivity index (χ0) is 20.5. The molecule has 0 heterocycles. The molecule has 1 amide bonds. The summed E-state index contributed by atoms with van der Waals surface area (Å²) >= 11 is 0. The monoisotopic (exact) mass is 392 g/mol. The maximum absolute atomic E-state index is 13.9. The fourth-order valence-corrected chi connectivity index (χ4v) is 2.65. The Morgan fingerprint density at radius 1 is 1.11 bits per heavy atom. The summed E-state index contributed by atoms with van der Waals surface area (Å²) in [4.78, 5) is 13.7. The molecule has 2 aromatic rings. The van der Waals surface area contributed by atoms with Crippen molar-refractivity contribution in [2.24, 2.45) is 0 Å². The molecule has 7 heteroatoms. The number of rotatable bonds is 10. The van der Waals surface area contributed by atoms with Crippen molar-refractivity contribution in [1.82, 2.24) is 10.2 Å². The van der Waals surface area contributed by atoms with Crippen molar-refractivity contribution in [3.8, 4) is 11.5 Å². The largest absolute Gasteiger partial charge is 0.494 e. The molecule has 0 aliphatic carbocycles. The highest BCUT2D eigenvalue weighted by Crippen LogP contribution is 2.22. The third-order valence-electron chi connectivity index (χ3n) is 4.29. The predicted molar refractivity (Wildman–Crippen MR) is 104 cm³/mol. The second-order valence-corrected chi connectivity index (χ2v) is 6.36. The Morgan fingerprint density at radius 3 is 2.39 bits per heavy atom. The molecule has 2 rings (SSSR count). The summed E-state index contributed by atoms with van der Waals surface area (Å²) in [6.07, 6.45) is 0. The minimum absolute atomic E-state index is 0.0557. The first-order valence-electron chi connectivity index (χ1n) is 9.18. The van der Waals surface area contributed by atoms with Gasteiger partial charge in [0, 0.05) is 11.6 Å². The van der Waals surface area contributed by atoms with Crippen LogP contribution in [0.15, 0.2) is 42.5 Å². The maximum atomic E-state index is 13.9. The van der Waals surface area contributed by atoms with Crippen LogP contribution in [-0.4, -0.2) is 44.2 Å². The molecule has 0 radical (unpaired) electrons. The van der Waals surface area contributed by atoms with Crippen molar-refractivity contribution in [3.63, 3.8) is 0 Å². The van der Waals surface area contributed by atoms with Gasteiger partial charge in [0.2, 0.25) is 5.91 Å². The van der Waals surface area contributed by atoms with Crippen LogP contribution in [0.5, 0.6) is 11.5 Å². The molecule has 0 bridgehead atoms. The second kappa shape index (κ2) is 10.6. The molecular formula is C21H26F2N2O3. The van der Waals surface area contributed by atoms with Crippen LogP contribution in [0.2, 0.25) is 0 Å². The molecule has 0 aliphatic heterocycles. The number of nitrogens with zero attached hydrogens (tertiary/aromatic N) is 1. The molecular weight excluding hydrogens is 366 g/mol. The van der Waals surface area contributed by atoms with Gasteiger partial charge in [-0.3, -0.25) is 9.69 Å². The highest BCUT2D eigenvalue weighted by Gasteiger charge is 2.18. The van der Waals surface area contributed by atoms with E-state index in [1.807, 2.05) is 19.1 Å². The molecule has 1 atom stereocenters. The van der Waals surface area contributed by atoms with E-state index in [0.29, 0.717) is 25.5 Å². The SMILES string of the molecule is CCOc1ccc(OCCNC(=O)CN(C)C(C)c2cc(F)ccc2F)cc1. The van der Waals surface area contributed by atoms with Gasteiger partial charge in [0.25, 0.3) is 0 Å². The van der Waals surface area contributed by atoms with Gasteiger partial charge in [-0.25, -0.2) is 8.78 Å². The molecule has 5 nitrogen and oxygen atoms in total. The van der Waals surface area contributed by atoms with Crippen LogP contribution >= 0.6 is 0 Å². The van der Waals surface area contributed by atoms with Gasteiger partial charge in [0.05, 0.1) is 19.7 Å². The second-order valence-electron chi connectivity index (χ2n) is 6.36. The average molecular weight is 392 g/mol. The van der Waals surface area contributed by atoms with Gasteiger partial charge in [-0.15, -0.1) is 0 Å². The fourth-order valence-electron chi connectivity index (χ4n) is 2.65. The number of benzene rings is 2. The molecule has 1 N–H and O–H groups in total. The van der Waals surface area contributed by atoms with Gasteiger partial charge in [0.15, 0.2) is 0 Å². The molecule has 0 aliphatic rings. The van der Waals surface area contributed by atoms with Crippen molar-refractivity contribution in [1.29, 1.82) is 0 Å². The van der Waals surface area contributed by atoms with E-state index in [4.69, 9.17) is 9.47 Å². The Kier molecular flexibility index (Phi) is 8.19. The summed E-state index contributed by atoms with van der Waals surface area (Å²) in [5.74, 6) is 0.235. The number of halogens is 2. The normalized spacial score (nSPS) is 11.9. The van der Waals surface area contributed by atoms with Crippen molar-refractivity contribution < 1.29 is 23.0 Å². The Balaban J connectivity index is 1.73. The van der Waals surface area contributed by atoms with E-state index in [-0.39, 0.29) is 18.0 Å². The molecule has 0 saturated carbocycles. The van der Waals surface area contributed by atoms with E-state index in [1.165, 1.54) is 0 Å². The Bertz CT molecular complexity index is 769. The minimum atomic E-state index is -0.507.